The zero-order valence-corrected chi connectivity index (χ0v) is 15.4. The Kier molecular flexibility index (Phi) is 4.08. The minimum absolute atomic E-state index is 0.0944. The summed E-state index contributed by atoms with van der Waals surface area (Å²) in [4.78, 5) is 11.7. The lowest BCUT2D eigenvalue weighted by atomic mass is 9.78. The van der Waals surface area contributed by atoms with Crippen LogP contribution in [0, 0.1) is 0 Å². The molecule has 0 unspecified atom stereocenters. The van der Waals surface area contributed by atoms with E-state index in [1.165, 1.54) is 11.1 Å². The average Bonchev–Trinajstić information content (AvgIpc) is 2.96. The Balaban J connectivity index is 1.56. The second kappa shape index (κ2) is 6.44. The average molecular weight is 356 g/mol. The highest BCUT2D eigenvalue weighted by Crippen LogP contribution is 2.35. The summed E-state index contributed by atoms with van der Waals surface area (Å²) in [5.41, 5.74) is 3.58. The number of esters is 1. The first-order chi connectivity index (χ1) is 12.9. The Morgan fingerprint density at radius 1 is 0.815 bits per heavy atom. The maximum Gasteiger partial charge on any atom is 0.344 e. The van der Waals surface area contributed by atoms with Gasteiger partial charge in [0.15, 0.2) is 0 Å². The highest BCUT2D eigenvalue weighted by Gasteiger charge is 2.26. The summed E-state index contributed by atoms with van der Waals surface area (Å²) in [5, 5.41) is 0. The molecule has 0 bridgehead atoms. The first-order valence-electron chi connectivity index (χ1n) is 8.84. The van der Waals surface area contributed by atoms with Gasteiger partial charge in [0.1, 0.15) is 17.3 Å². The van der Waals surface area contributed by atoms with E-state index in [-0.39, 0.29) is 11.4 Å². The van der Waals surface area contributed by atoms with E-state index in [0.29, 0.717) is 22.6 Å². The van der Waals surface area contributed by atoms with E-state index < -0.39 is 0 Å². The molecule has 3 aromatic carbocycles. The third kappa shape index (κ3) is 3.13. The number of carbonyl (C=O) groups is 1. The summed E-state index contributed by atoms with van der Waals surface area (Å²) in [6.45, 7) is 8.18. The summed E-state index contributed by atoms with van der Waals surface area (Å²) >= 11 is 0. The monoisotopic (exact) mass is 356 g/mol. The summed E-state index contributed by atoms with van der Waals surface area (Å²) in [6, 6.07) is 23.8. The van der Waals surface area contributed by atoms with Gasteiger partial charge >= 0.3 is 5.97 Å². The number of hydrogen-bond donors (Lipinski definition) is 0. The van der Waals surface area contributed by atoms with E-state index >= 15 is 0 Å². The molecule has 0 aromatic heterocycles. The maximum atomic E-state index is 11.7. The molecule has 3 heteroatoms. The molecule has 0 amide bonds. The van der Waals surface area contributed by atoms with Crippen molar-refractivity contribution in [3.05, 3.63) is 102 Å². The molecule has 1 aliphatic rings. The van der Waals surface area contributed by atoms with Gasteiger partial charge < -0.3 is 9.47 Å². The largest absolute Gasteiger partial charge is 0.457 e. The van der Waals surface area contributed by atoms with Crippen LogP contribution in [0.1, 0.15) is 40.9 Å². The number of carbonyl (C=O) groups excluding carboxylic acids is 1. The van der Waals surface area contributed by atoms with Crippen LogP contribution in [-0.2, 0) is 10.2 Å². The van der Waals surface area contributed by atoms with Crippen LogP contribution in [0.3, 0.4) is 0 Å². The Labute approximate surface area is 158 Å². The van der Waals surface area contributed by atoms with E-state index in [2.05, 4.69) is 56.8 Å². The van der Waals surface area contributed by atoms with Gasteiger partial charge in [0, 0.05) is 11.0 Å². The van der Waals surface area contributed by atoms with Crippen molar-refractivity contribution < 1.29 is 14.3 Å². The Morgan fingerprint density at radius 2 is 1.44 bits per heavy atom. The van der Waals surface area contributed by atoms with E-state index in [4.69, 9.17) is 9.47 Å². The first-order valence-corrected chi connectivity index (χ1v) is 8.84. The normalized spacial score (nSPS) is 13.3. The van der Waals surface area contributed by atoms with Crippen molar-refractivity contribution in [1.29, 1.82) is 0 Å². The van der Waals surface area contributed by atoms with Crippen molar-refractivity contribution >= 4 is 11.7 Å². The summed E-state index contributed by atoms with van der Waals surface area (Å²) in [6.07, 6.45) is 0. The topological polar surface area (TPSA) is 35.5 Å². The van der Waals surface area contributed by atoms with Crippen molar-refractivity contribution in [2.75, 3.05) is 0 Å². The van der Waals surface area contributed by atoms with Crippen LogP contribution in [-0.4, -0.2) is 5.97 Å². The van der Waals surface area contributed by atoms with E-state index in [1.807, 2.05) is 18.2 Å². The predicted molar refractivity (Wildman–Crippen MR) is 106 cm³/mol. The molecule has 0 aliphatic carbocycles. The molecule has 4 rings (SSSR count). The number of benzene rings is 3. The quantitative estimate of drug-likeness (QED) is 0.542. The smallest absolute Gasteiger partial charge is 0.344 e. The van der Waals surface area contributed by atoms with E-state index in [0.717, 1.165) is 5.75 Å². The summed E-state index contributed by atoms with van der Waals surface area (Å²) < 4.78 is 11.0. The maximum absolute atomic E-state index is 11.7. The third-order valence-electron chi connectivity index (χ3n) is 5.03. The molecule has 0 N–H and O–H groups in total. The van der Waals surface area contributed by atoms with Crippen LogP contribution in [0.4, 0.5) is 0 Å². The lowest BCUT2D eigenvalue weighted by molar-refractivity contribution is 0.0716. The highest BCUT2D eigenvalue weighted by molar-refractivity contribution is 6.02. The summed E-state index contributed by atoms with van der Waals surface area (Å²) in [7, 11) is 0. The Hall–Kier alpha value is -3.33. The molecule has 27 heavy (non-hydrogen) atoms. The SMILES string of the molecule is C=C1OC(=O)c2ccc(Oc3ccc(C(C)(C)c4ccccc4)cc3)cc21. The molecular formula is C24H20O3. The van der Waals surface area contributed by atoms with Crippen molar-refractivity contribution in [1.82, 2.24) is 0 Å². The molecule has 0 radical (unpaired) electrons. The zero-order valence-electron chi connectivity index (χ0n) is 15.4. The molecule has 134 valence electrons. The minimum Gasteiger partial charge on any atom is -0.457 e. The van der Waals surface area contributed by atoms with Crippen LogP contribution in [0.15, 0.2) is 79.4 Å². The van der Waals surface area contributed by atoms with E-state index in [1.54, 1.807) is 18.2 Å². The van der Waals surface area contributed by atoms with Crippen molar-refractivity contribution in [3.8, 4) is 11.5 Å². The molecule has 3 nitrogen and oxygen atoms in total. The number of ether oxygens (including phenoxy) is 2. The molecule has 1 aliphatic heterocycles. The molecule has 0 spiro atoms. The number of cyclic esters (lactones) is 1. The standard InChI is InChI=1S/C24H20O3/c1-16-22-15-20(13-14-21(22)23(25)26-16)27-19-11-9-18(10-12-19)24(2,3)17-7-5-4-6-8-17/h4-15H,1H2,2-3H3. The molecular weight excluding hydrogens is 336 g/mol. The summed E-state index contributed by atoms with van der Waals surface area (Å²) in [5.74, 6) is 1.37. The third-order valence-corrected chi connectivity index (χ3v) is 5.03. The first kappa shape index (κ1) is 17.1. The molecule has 3 aromatic rings. The lowest BCUT2D eigenvalue weighted by Gasteiger charge is -2.26. The number of fused-ring (bicyclic) bond motifs is 1. The minimum atomic E-state index is -0.367. The fourth-order valence-electron chi connectivity index (χ4n) is 3.31. The van der Waals surface area contributed by atoms with Crippen LogP contribution in [0.2, 0.25) is 0 Å². The van der Waals surface area contributed by atoms with Crippen molar-refractivity contribution in [3.63, 3.8) is 0 Å². The second-order valence-corrected chi connectivity index (χ2v) is 7.14. The van der Waals surface area contributed by atoms with Gasteiger partial charge in [0.2, 0.25) is 0 Å². The Bertz CT molecular complexity index is 1020. The molecule has 0 saturated carbocycles. The van der Waals surface area contributed by atoms with Gasteiger partial charge in [0.25, 0.3) is 0 Å². The molecule has 0 saturated heterocycles. The van der Waals surface area contributed by atoms with Crippen LogP contribution in [0.25, 0.3) is 5.76 Å². The van der Waals surface area contributed by atoms with Crippen molar-refractivity contribution in [2.24, 2.45) is 0 Å². The van der Waals surface area contributed by atoms with Crippen LogP contribution < -0.4 is 4.74 Å². The number of hydrogen-bond acceptors (Lipinski definition) is 3. The van der Waals surface area contributed by atoms with Gasteiger partial charge in [-0.15, -0.1) is 0 Å². The number of rotatable bonds is 4. The zero-order chi connectivity index (χ0) is 19.0. The fraction of sp³-hybridized carbons (Fsp3) is 0.125. The fourth-order valence-corrected chi connectivity index (χ4v) is 3.31. The van der Waals surface area contributed by atoms with Gasteiger partial charge in [-0.3, -0.25) is 0 Å². The van der Waals surface area contributed by atoms with Gasteiger partial charge in [0.05, 0.1) is 5.56 Å². The second-order valence-electron chi connectivity index (χ2n) is 7.14. The Morgan fingerprint density at radius 3 is 2.15 bits per heavy atom. The van der Waals surface area contributed by atoms with E-state index in [9.17, 15) is 4.79 Å². The van der Waals surface area contributed by atoms with Gasteiger partial charge in [-0.2, -0.15) is 0 Å². The lowest BCUT2D eigenvalue weighted by Crippen LogP contribution is -2.18. The van der Waals surface area contributed by atoms with Crippen LogP contribution in [0.5, 0.6) is 11.5 Å². The van der Waals surface area contributed by atoms with Crippen LogP contribution >= 0.6 is 0 Å². The van der Waals surface area contributed by atoms with Gasteiger partial charge in [-0.05, 0) is 41.5 Å². The molecule has 0 fully saturated rings. The predicted octanol–water partition coefficient (Wildman–Crippen LogP) is 5.95. The van der Waals surface area contributed by atoms with Gasteiger partial charge in [-0.1, -0.05) is 62.9 Å². The molecule has 0 atom stereocenters. The van der Waals surface area contributed by atoms with Gasteiger partial charge in [-0.25, -0.2) is 4.79 Å². The highest BCUT2D eigenvalue weighted by atomic mass is 16.5. The molecule has 1 heterocycles. The van der Waals surface area contributed by atoms with Crippen molar-refractivity contribution in [2.45, 2.75) is 19.3 Å².